The average molecular weight is 403 g/mol. The molecule has 3 aliphatic rings. The minimum Gasteiger partial charge on any atom is -0.376 e. The van der Waals surface area contributed by atoms with Crippen molar-refractivity contribution in [2.75, 3.05) is 24.6 Å². The number of rotatable bonds is 5. The maximum absolute atomic E-state index is 13.2. The number of thiocarbonyl (C=S) groups is 1. The Morgan fingerprint density at radius 3 is 2.78 bits per heavy atom. The summed E-state index contributed by atoms with van der Waals surface area (Å²) >= 11 is 6.69. The summed E-state index contributed by atoms with van der Waals surface area (Å²) in [5, 5.41) is 0. The van der Waals surface area contributed by atoms with E-state index in [0.29, 0.717) is 27.9 Å². The number of anilines is 1. The highest BCUT2D eigenvalue weighted by Crippen LogP contribution is 2.44. The Labute approximate surface area is 168 Å². The molecule has 0 spiro atoms. The number of fused-ring (bicyclic) bond motifs is 1. The Morgan fingerprint density at radius 2 is 2.04 bits per heavy atom. The summed E-state index contributed by atoms with van der Waals surface area (Å²) in [6.07, 6.45) is 3.91. The minimum absolute atomic E-state index is 0.0319. The molecule has 2 fully saturated rings. The number of thioether (sulfide) groups is 1. The van der Waals surface area contributed by atoms with Crippen LogP contribution in [0.25, 0.3) is 5.57 Å². The van der Waals surface area contributed by atoms with E-state index in [1.165, 1.54) is 11.8 Å². The van der Waals surface area contributed by atoms with Gasteiger partial charge < -0.3 is 9.64 Å². The summed E-state index contributed by atoms with van der Waals surface area (Å²) in [4.78, 5) is 30.1. The number of amides is 2. The SMILES string of the molecule is CCCCN1C(=O)/C(=C2\SC(=S)N(C[C@H]3CCCO3)C2=O)c2ccccc21. The van der Waals surface area contributed by atoms with E-state index in [0.717, 1.165) is 43.5 Å². The first-order valence-electron chi connectivity index (χ1n) is 9.42. The minimum atomic E-state index is -0.170. The highest BCUT2D eigenvalue weighted by atomic mass is 32.2. The first-order valence-corrected chi connectivity index (χ1v) is 10.6. The molecule has 3 aliphatic heterocycles. The maximum Gasteiger partial charge on any atom is 0.267 e. The van der Waals surface area contributed by atoms with Crippen molar-refractivity contribution in [3.8, 4) is 0 Å². The third kappa shape index (κ3) is 3.32. The number of carbonyl (C=O) groups excluding carboxylic acids is 2. The molecular weight excluding hydrogens is 380 g/mol. The molecule has 2 amide bonds. The number of nitrogens with zero attached hydrogens (tertiary/aromatic N) is 2. The molecule has 0 unspecified atom stereocenters. The highest BCUT2D eigenvalue weighted by Gasteiger charge is 2.42. The quantitative estimate of drug-likeness (QED) is 0.557. The number of hydrogen-bond acceptors (Lipinski definition) is 5. The largest absolute Gasteiger partial charge is 0.376 e. The lowest BCUT2D eigenvalue weighted by Gasteiger charge is -2.18. The summed E-state index contributed by atoms with van der Waals surface area (Å²) in [5.74, 6) is -0.265. The molecule has 1 aromatic carbocycles. The van der Waals surface area contributed by atoms with Crippen LogP contribution in [0.3, 0.4) is 0 Å². The molecule has 1 atom stereocenters. The molecule has 0 radical (unpaired) electrons. The third-order valence-electron chi connectivity index (χ3n) is 5.14. The molecule has 1 aromatic rings. The molecule has 0 N–H and O–H groups in total. The van der Waals surface area contributed by atoms with Crippen molar-refractivity contribution in [2.24, 2.45) is 0 Å². The fraction of sp³-hybridized carbons (Fsp3) is 0.450. The normalized spacial score (nSPS) is 25.1. The topological polar surface area (TPSA) is 49.9 Å². The summed E-state index contributed by atoms with van der Waals surface area (Å²) in [6, 6.07) is 7.70. The fourth-order valence-corrected chi connectivity index (χ4v) is 5.08. The number of para-hydroxylation sites is 1. The maximum atomic E-state index is 13.2. The van der Waals surface area contributed by atoms with Crippen LogP contribution in [0, 0.1) is 0 Å². The van der Waals surface area contributed by atoms with E-state index in [-0.39, 0.29) is 17.9 Å². The molecule has 142 valence electrons. The predicted molar refractivity (Wildman–Crippen MR) is 111 cm³/mol. The molecule has 0 aromatic heterocycles. The van der Waals surface area contributed by atoms with E-state index in [4.69, 9.17) is 17.0 Å². The monoisotopic (exact) mass is 402 g/mol. The van der Waals surface area contributed by atoms with Crippen LogP contribution < -0.4 is 4.90 Å². The Kier molecular flexibility index (Phi) is 5.34. The van der Waals surface area contributed by atoms with Crippen molar-refractivity contribution in [1.29, 1.82) is 0 Å². The van der Waals surface area contributed by atoms with Gasteiger partial charge in [-0.3, -0.25) is 14.5 Å². The van der Waals surface area contributed by atoms with Crippen molar-refractivity contribution in [2.45, 2.75) is 38.7 Å². The average Bonchev–Trinajstić information content (AvgIpc) is 3.34. The highest BCUT2D eigenvalue weighted by molar-refractivity contribution is 8.26. The van der Waals surface area contributed by atoms with E-state index in [1.807, 2.05) is 24.3 Å². The Morgan fingerprint density at radius 1 is 1.22 bits per heavy atom. The Balaban J connectivity index is 1.68. The van der Waals surface area contributed by atoms with E-state index in [9.17, 15) is 9.59 Å². The molecule has 27 heavy (non-hydrogen) atoms. The second-order valence-corrected chi connectivity index (χ2v) is 8.59. The second kappa shape index (κ2) is 7.73. The lowest BCUT2D eigenvalue weighted by molar-refractivity contribution is -0.123. The van der Waals surface area contributed by atoms with Gasteiger partial charge in [-0.1, -0.05) is 55.5 Å². The van der Waals surface area contributed by atoms with Gasteiger partial charge in [0.05, 0.1) is 28.8 Å². The van der Waals surface area contributed by atoms with Gasteiger partial charge in [-0.25, -0.2) is 0 Å². The van der Waals surface area contributed by atoms with Gasteiger partial charge in [0.1, 0.15) is 4.32 Å². The van der Waals surface area contributed by atoms with Crippen LogP contribution in [0.15, 0.2) is 29.2 Å². The summed E-state index contributed by atoms with van der Waals surface area (Å²) in [6.45, 7) is 3.96. The van der Waals surface area contributed by atoms with Crippen molar-refractivity contribution >= 4 is 51.4 Å². The van der Waals surface area contributed by atoms with Crippen LogP contribution in [0.1, 0.15) is 38.2 Å². The Bertz CT molecular complexity index is 830. The van der Waals surface area contributed by atoms with Crippen molar-refractivity contribution < 1.29 is 14.3 Å². The molecule has 0 bridgehead atoms. The van der Waals surface area contributed by atoms with E-state index < -0.39 is 0 Å². The van der Waals surface area contributed by atoms with E-state index in [1.54, 1.807) is 9.80 Å². The molecule has 4 rings (SSSR count). The lowest BCUT2D eigenvalue weighted by atomic mass is 10.1. The van der Waals surface area contributed by atoms with Gasteiger partial charge in [0.2, 0.25) is 0 Å². The summed E-state index contributed by atoms with van der Waals surface area (Å²) in [5.41, 5.74) is 2.21. The van der Waals surface area contributed by atoms with Crippen LogP contribution in [0.2, 0.25) is 0 Å². The van der Waals surface area contributed by atoms with Crippen molar-refractivity contribution in [1.82, 2.24) is 4.90 Å². The van der Waals surface area contributed by atoms with Crippen LogP contribution in [-0.2, 0) is 14.3 Å². The van der Waals surface area contributed by atoms with Gasteiger partial charge in [0, 0.05) is 18.7 Å². The van der Waals surface area contributed by atoms with Crippen LogP contribution >= 0.6 is 24.0 Å². The summed E-state index contributed by atoms with van der Waals surface area (Å²) < 4.78 is 6.17. The van der Waals surface area contributed by atoms with Crippen molar-refractivity contribution in [3.63, 3.8) is 0 Å². The van der Waals surface area contributed by atoms with E-state index in [2.05, 4.69) is 6.92 Å². The number of unbranched alkanes of at least 4 members (excludes halogenated alkanes) is 1. The molecular formula is C20H22N2O3S2. The number of hydrogen-bond donors (Lipinski definition) is 0. The van der Waals surface area contributed by atoms with Gasteiger partial charge in [-0.2, -0.15) is 0 Å². The lowest BCUT2D eigenvalue weighted by Crippen LogP contribution is -2.35. The van der Waals surface area contributed by atoms with Gasteiger partial charge >= 0.3 is 0 Å². The number of carbonyl (C=O) groups is 2. The Hall–Kier alpha value is -1.70. The number of benzene rings is 1. The third-order valence-corrected chi connectivity index (χ3v) is 6.59. The van der Waals surface area contributed by atoms with Gasteiger partial charge in [-0.15, -0.1) is 0 Å². The standard InChI is InChI=1S/C20H22N2O3S2/c1-2-3-10-21-15-9-5-4-8-14(15)16(18(21)23)17-19(24)22(20(26)27-17)12-13-7-6-11-25-13/h4-5,8-9,13H,2-3,6-7,10-12H2,1H3/b17-16-/t13-/m1/s1. The first kappa shape index (κ1) is 18.7. The molecule has 0 aliphatic carbocycles. The van der Waals surface area contributed by atoms with Crippen LogP contribution in [0.5, 0.6) is 0 Å². The smallest absolute Gasteiger partial charge is 0.267 e. The molecule has 5 nitrogen and oxygen atoms in total. The second-order valence-electron chi connectivity index (χ2n) is 6.95. The van der Waals surface area contributed by atoms with E-state index >= 15 is 0 Å². The van der Waals surface area contributed by atoms with Gasteiger partial charge in [0.25, 0.3) is 11.8 Å². The van der Waals surface area contributed by atoms with Gasteiger partial charge in [0.15, 0.2) is 0 Å². The van der Waals surface area contributed by atoms with Crippen LogP contribution in [0.4, 0.5) is 5.69 Å². The summed E-state index contributed by atoms with van der Waals surface area (Å²) in [7, 11) is 0. The zero-order valence-corrected chi connectivity index (χ0v) is 16.9. The molecule has 0 saturated carbocycles. The zero-order valence-electron chi connectivity index (χ0n) is 15.3. The molecule has 3 heterocycles. The predicted octanol–water partition coefficient (Wildman–Crippen LogP) is 3.58. The zero-order chi connectivity index (χ0) is 19.0. The van der Waals surface area contributed by atoms with Crippen LogP contribution in [-0.4, -0.2) is 46.8 Å². The fourth-order valence-electron chi connectivity index (χ4n) is 3.74. The van der Waals surface area contributed by atoms with Crippen molar-refractivity contribution in [3.05, 3.63) is 34.7 Å². The number of ether oxygens (including phenoxy) is 1. The molecule has 2 saturated heterocycles. The van der Waals surface area contributed by atoms with Gasteiger partial charge in [-0.05, 0) is 25.3 Å². The first-order chi connectivity index (χ1) is 13.1. The molecule has 7 heteroatoms.